The van der Waals surface area contributed by atoms with Crippen molar-refractivity contribution in [3.63, 3.8) is 0 Å². The van der Waals surface area contributed by atoms with Crippen LogP contribution < -0.4 is 5.32 Å². The highest BCUT2D eigenvalue weighted by molar-refractivity contribution is 5.97. The number of fused-ring (bicyclic) bond motifs is 1. The van der Waals surface area contributed by atoms with Crippen molar-refractivity contribution >= 4 is 11.8 Å². The Morgan fingerprint density at radius 2 is 1.70 bits per heavy atom. The highest BCUT2D eigenvalue weighted by atomic mass is 16.2. The predicted molar refractivity (Wildman–Crippen MR) is 128 cm³/mol. The lowest BCUT2D eigenvalue weighted by Crippen LogP contribution is -2.36. The minimum absolute atomic E-state index is 0.0400. The summed E-state index contributed by atoms with van der Waals surface area (Å²) in [6.45, 7) is 8.72. The summed E-state index contributed by atoms with van der Waals surface area (Å²) in [6.07, 6.45) is 4.68. The van der Waals surface area contributed by atoms with E-state index in [1.807, 2.05) is 50.2 Å². The van der Waals surface area contributed by atoms with Crippen molar-refractivity contribution in [1.29, 1.82) is 0 Å². The summed E-state index contributed by atoms with van der Waals surface area (Å²) in [7, 11) is 0. The van der Waals surface area contributed by atoms with Gasteiger partial charge in [-0.05, 0) is 68.2 Å². The Morgan fingerprint density at radius 3 is 2.30 bits per heavy atom. The Bertz CT molecular complexity index is 986. The first kappa shape index (κ1) is 22.1. The number of pyridine rings is 1. The standard InChI is InChI=1S/C27H34N4O2/c1-18-6-5-7-19(2)25(18)27(33)31-16-21-14-30(15-22(21)17-31)13-11-24(23-8-3-4-12-28-23)29-26(32)20-9-10-20/h3-8,12,20-22,24H,9-11,13-17H2,1-2H3,(H,29,32)/t21?,22?,24-/m0/s1. The fourth-order valence-electron chi connectivity index (χ4n) is 5.57. The molecule has 2 saturated heterocycles. The summed E-state index contributed by atoms with van der Waals surface area (Å²) in [5, 5.41) is 3.24. The van der Waals surface area contributed by atoms with Crippen molar-refractivity contribution < 1.29 is 9.59 Å². The summed E-state index contributed by atoms with van der Waals surface area (Å²) >= 11 is 0. The quantitative estimate of drug-likeness (QED) is 0.708. The summed E-state index contributed by atoms with van der Waals surface area (Å²) in [5.41, 5.74) is 3.94. The molecule has 33 heavy (non-hydrogen) atoms. The summed E-state index contributed by atoms with van der Waals surface area (Å²) in [6, 6.07) is 11.9. The van der Waals surface area contributed by atoms with Crippen molar-refractivity contribution in [2.75, 3.05) is 32.7 Å². The molecule has 5 rings (SSSR count). The van der Waals surface area contributed by atoms with Crippen molar-refractivity contribution in [2.45, 2.75) is 39.2 Å². The van der Waals surface area contributed by atoms with Crippen LogP contribution in [-0.4, -0.2) is 59.3 Å². The summed E-state index contributed by atoms with van der Waals surface area (Å²) in [5.74, 6) is 1.62. The normalized spacial score (nSPS) is 23.4. The number of benzene rings is 1. The Morgan fingerprint density at radius 1 is 1.00 bits per heavy atom. The molecule has 1 N–H and O–H groups in total. The van der Waals surface area contributed by atoms with E-state index in [1.165, 1.54) is 0 Å². The fourth-order valence-corrected chi connectivity index (χ4v) is 5.57. The van der Waals surface area contributed by atoms with Crippen LogP contribution in [0.2, 0.25) is 0 Å². The molecule has 0 bridgehead atoms. The molecule has 3 aliphatic rings. The lowest BCUT2D eigenvalue weighted by Gasteiger charge is -2.25. The molecular formula is C27H34N4O2. The highest BCUT2D eigenvalue weighted by Crippen LogP contribution is 2.34. The van der Waals surface area contributed by atoms with Crippen molar-refractivity contribution in [2.24, 2.45) is 17.8 Å². The number of aromatic nitrogens is 1. The van der Waals surface area contributed by atoms with E-state index in [9.17, 15) is 9.59 Å². The molecular weight excluding hydrogens is 412 g/mol. The van der Waals surface area contributed by atoms with Gasteiger partial charge in [0.2, 0.25) is 5.91 Å². The third-order valence-electron chi connectivity index (χ3n) is 7.59. The molecule has 3 heterocycles. The SMILES string of the molecule is Cc1cccc(C)c1C(=O)N1CC2CN(CC[C@H](NC(=O)C3CC3)c3ccccn3)CC2C1. The Hall–Kier alpha value is -2.73. The second kappa shape index (κ2) is 9.26. The zero-order chi connectivity index (χ0) is 22.9. The van der Waals surface area contributed by atoms with Gasteiger partial charge in [0.05, 0.1) is 11.7 Å². The number of carbonyl (C=O) groups excluding carboxylic acids is 2. The largest absolute Gasteiger partial charge is 0.347 e. The van der Waals surface area contributed by atoms with Gasteiger partial charge in [0.1, 0.15) is 0 Å². The molecule has 2 unspecified atom stereocenters. The summed E-state index contributed by atoms with van der Waals surface area (Å²) in [4.78, 5) is 34.7. The number of nitrogens with zero attached hydrogens (tertiary/aromatic N) is 3. The average molecular weight is 447 g/mol. The number of aryl methyl sites for hydroxylation is 2. The van der Waals surface area contributed by atoms with Crippen LogP contribution in [0.3, 0.4) is 0 Å². The van der Waals surface area contributed by atoms with Crippen molar-refractivity contribution in [1.82, 2.24) is 20.1 Å². The zero-order valence-electron chi connectivity index (χ0n) is 19.7. The molecule has 2 amide bonds. The number of hydrogen-bond donors (Lipinski definition) is 1. The first-order chi connectivity index (χ1) is 16.0. The molecule has 3 fully saturated rings. The van der Waals surface area contributed by atoms with Gasteiger partial charge in [0.25, 0.3) is 5.91 Å². The number of hydrogen-bond acceptors (Lipinski definition) is 4. The Labute approximate surface area is 196 Å². The van der Waals surface area contributed by atoms with E-state index in [4.69, 9.17) is 0 Å². The maximum Gasteiger partial charge on any atom is 0.254 e. The van der Waals surface area contributed by atoms with Crippen LogP contribution in [0.1, 0.15) is 52.5 Å². The third-order valence-corrected chi connectivity index (χ3v) is 7.59. The van der Waals surface area contributed by atoms with Gasteiger partial charge >= 0.3 is 0 Å². The van der Waals surface area contributed by atoms with Crippen molar-refractivity contribution in [3.05, 3.63) is 65.0 Å². The lowest BCUT2D eigenvalue weighted by atomic mass is 10.0. The van der Waals surface area contributed by atoms with Crippen molar-refractivity contribution in [3.8, 4) is 0 Å². The smallest absolute Gasteiger partial charge is 0.254 e. The monoisotopic (exact) mass is 446 g/mol. The molecule has 2 aliphatic heterocycles. The van der Waals surface area contributed by atoms with Gasteiger partial charge in [-0.25, -0.2) is 0 Å². The van der Waals surface area contributed by atoms with E-state index in [1.54, 1.807) is 6.20 Å². The number of amides is 2. The van der Waals surface area contributed by atoms with Crippen LogP contribution >= 0.6 is 0 Å². The van der Waals surface area contributed by atoms with E-state index in [2.05, 4.69) is 20.1 Å². The number of rotatable bonds is 7. The van der Waals surface area contributed by atoms with Crippen LogP contribution in [0, 0.1) is 31.6 Å². The molecule has 6 heteroatoms. The molecule has 6 nitrogen and oxygen atoms in total. The first-order valence-corrected chi connectivity index (χ1v) is 12.3. The highest BCUT2D eigenvalue weighted by Gasteiger charge is 2.42. The molecule has 0 spiro atoms. The molecule has 3 atom stereocenters. The van der Waals surface area contributed by atoms with E-state index in [0.717, 1.165) is 74.4 Å². The van der Waals surface area contributed by atoms with Gasteiger partial charge in [-0.1, -0.05) is 24.3 Å². The summed E-state index contributed by atoms with van der Waals surface area (Å²) < 4.78 is 0. The van der Waals surface area contributed by atoms with E-state index >= 15 is 0 Å². The maximum absolute atomic E-state index is 13.2. The van der Waals surface area contributed by atoms with Crippen LogP contribution in [-0.2, 0) is 4.79 Å². The van der Waals surface area contributed by atoms with E-state index in [-0.39, 0.29) is 23.8 Å². The number of nitrogens with one attached hydrogen (secondary N) is 1. The fraction of sp³-hybridized carbons (Fsp3) is 0.519. The van der Waals surface area contributed by atoms with Crippen LogP contribution in [0.15, 0.2) is 42.6 Å². The first-order valence-electron chi connectivity index (χ1n) is 12.3. The van der Waals surface area contributed by atoms with Crippen LogP contribution in [0.25, 0.3) is 0 Å². The molecule has 0 radical (unpaired) electrons. The van der Waals surface area contributed by atoms with E-state index < -0.39 is 0 Å². The number of carbonyl (C=O) groups is 2. The average Bonchev–Trinajstić information content (AvgIpc) is 3.48. The minimum Gasteiger partial charge on any atom is -0.347 e. The molecule has 2 aromatic rings. The third kappa shape index (κ3) is 4.81. The van der Waals surface area contributed by atoms with Gasteiger partial charge in [-0.3, -0.25) is 14.6 Å². The van der Waals surface area contributed by atoms with Gasteiger partial charge in [0.15, 0.2) is 0 Å². The second-order valence-electron chi connectivity index (χ2n) is 10.1. The van der Waals surface area contributed by atoms with Gasteiger partial charge in [0, 0.05) is 50.4 Å². The Balaban J connectivity index is 1.17. The van der Waals surface area contributed by atoms with Gasteiger partial charge in [-0.2, -0.15) is 0 Å². The molecule has 1 aliphatic carbocycles. The lowest BCUT2D eigenvalue weighted by molar-refractivity contribution is -0.123. The molecule has 1 aromatic heterocycles. The van der Waals surface area contributed by atoms with Crippen LogP contribution in [0.5, 0.6) is 0 Å². The van der Waals surface area contributed by atoms with Gasteiger partial charge in [-0.15, -0.1) is 0 Å². The maximum atomic E-state index is 13.2. The minimum atomic E-state index is -0.0400. The molecule has 1 aromatic carbocycles. The van der Waals surface area contributed by atoms with Crippen LogP contribution in [0.4, 0.5) is 0 Å². The zero-order valence-corrected chi connectivity index (χ0v) is 19.7. The topological polar surface area (TPSA) is 65.5 Å². The Kier molecular flexibility index (Phi) is 6.19. The number of likely N-dealkylation sites (tertiary alicyclic amines) is 2. The van der Waals surface area contributed by atoms with E-state index in [0.29, 0.717) is 11.8 Å². The molecule has 174 valence electrons. The second-order valence-corrected chi connectivity index (χ2v) is 10.1. The molecule has 1 saturated carbocycles. The van der Waals surface area contributed by atoms with Gasteiger partial charge < -0.3 is 15.1 Å². The predicted octanol–water partition coefficient (Wildman–Crippen LogP) is 3.36.